The maximum atomic E-state index is 14.3. The third-order valence-electron chi connectivity index (χ3n) is 7.69. The number of fused-ring (bicyclic) bond motifs is 3. The lowest BCUT2D eigenvalue weighted by molar-refractivity contribution is 0.245. The average molecular weight is 485 g/mol. The molecule has 6 heteroatoms. The summed E-state index contributed by atoms with van der Waals surface area (Å²) in [7, 11) is 1.74. The molecule has 3 heterocycles. The zero-order valence-electron chi connectivity index (χ0n) is 20.9. The van der Waals surface area contributed by atoms with Gasteiger partial charge >= 0.3 is 0 Å². The van der Waals surface area contributed by atoms with Crippen molar-refractivity contribution in [3.05, 3.63) is 94.9 Å². The van der Waals surface area contributed by atoms with Gasteiger partial charge in [-0.3, -0.25) is 4.90 Å². The molecule has 2 atom stereocenters. The first-order chi connectivity index (χ1) is 17.6. The molecule has 4 aromatic rings. The number of halogens is 1. The van der Waals surface area contributed by atoms with Crippen LogP contribution < -0.4 is 15.0 Å². The normalized spacial score (nSPS) is 20.5. The number of benzene rings is 3. The zero-order valence-corrected chi connectivity index (χ0v) is 20.9. The van der Waals surface area contributed by atoms with Crippen molar-refractivity contribution < 1.29 is 9.13 Å². The number of hydrogen-bond acceptors (Lipinski definition) is 4. The molecule has 5 nitrogen and oxygen atoms in total. The van der Waals surface area contributed by atoms with Gasteiger partial charge in [-0.2, -0.15) is 0 Å². The van der Waals surface area contributed by atoms with Crippen LogP contribution in [0.3, 0.4) is 0 Å². The topological polar surface area (TPSA) is 43.5 Å². The van der Waals surface area contributed by atoms with E-state index in [0.29, 0.717) is 11.7 Å². The predicted molar refractivity (Wildman–Crippen MR) is 143 cm³/mol. The van der Waals surface area contributed by atoms with E-state index >= 15 is 0 Å². The molecule has 2 N–H and O–H groups in total. The van der Waals surface area contributed by atoms with Crippen LogP contribution in [-0.2, 0) is 13.0 Å². The molecule has 0 saturated carbocycles. The maximum absolute atomic E-state index is 14.3. The number of para-hydroxylation sites is 2. The lowest BCUT2D eigenvalue weighted by atomic mass is 9.90. The Balaban J connectivity index is 1.24. The molecule has 2 aliphatic rings. The van der Waals surface area contributed by atoms with E-state index in [4.69, 9.17) is 4.74 Å². The fraction of sp³-hybridized carbons (Fsp3) is 0.333. The zero-order chi connectivity index (χ0) is 24.6. The number of hydrogen-bond donors (Lipinski definition) is 2. The standard InChI is InChI=1S/C30H33FN4O/c1-20-17-24-23-7-3-5-9-26(23)33-30(24)29(32-20)21-11-12-28(36-2)22(18-21)19-34-13-15-35(16-14-34)27-10-6-4-8-25(27)31/h3-12,18,20,29,32-33H,13-17,19H2,1-2H3/t20-,29?/m1/s1. The molecule has 36 heavy (non-hydrogen) atoms. The Bertz CT molecular complexity index is 1370. The van der Waals surface area contributed by atoms with Crippen LogP contribution in [-0.4, -0.2) is 49.2 Å². The first-order valence-corrected chi connectivity index (χ1v) is 12.8. The summed E-state index contributed by atoms with van der Waals surface area (Å²) in [6, 6.07) is 22.7. The van der Waals surface area contributed by atoms with E-state index in [-0.39, 0.29) is 11.9 Å². The highest BCUT2D eigenvalue weighted by molar-refractivity contribution is 5.85. The second-order valence-corrected chi connectivity index (χ2v) is 10.1. The summed E-state index contributed by atoms with van der Waals surface area (Å²) in [4.78, 5) is 8.28. The van der Waals surface area contributed by atoms with E-state index in [2.05, 4.69) is 69.5 Å². The number of H-pyrrole nitrogens is 1. The molecule has 0 bridgehead atoms. The summed E-state index contributed by atoms with van der Waals surface area (Å²) in [6.07, 6.45) is 1.02. The first kappa shape index (κ1) is 23.1. The van der Waals surface area contributed by atoms with Crippen LogP contribution in [0.15, 0.2) is 66.7 Å². The van der Waals surface area contributed by atoms with Gasteiger partial charge in [0.15, 0.2) is 0 Å². The monoisotopic (exact) mass is 484 g/mol. The summed E-state index contributed by atoms with van der Waals surface area (Å²) in [6.45, 7) is 6.45. The van der Waals surface area contributed by atoms with Crippen LogP contribution >= 0.6 is 0 Å². The molecule has 0 radical (unpaired) electrons. The summed E-state index contributed by atoms with van der Waals surface area (Å²) < 4.78 is 20.0. The number of piperazine rings is 1. The van der Waals surface area contributed by atoms with Crippen molar-refractivity contribution in [2.75, 3.05) is 38.2 Å². The van der Waals surface area contributed by atoms with Gasteiger partial charge < -0.3 is 19.9 Å². The van der Waals surface area contributed by atoms with Gasteiger partial charge in [-0.1, -0.05) is 36.4 Å². The Hall–Kier alpha value is -3.35. The third kappa shape index (κ3) is 4.25. The Morgan fingerprint density at radius 3 is 2.56 bits per heavy atom. The smallest absolute Gasteiger partial charge is 0.146 e. The maximum Gasteiger partial charge on any atom is 0.146 e. The van der Waals surface area contributed by atoms with Gasteiger partial charge in [0.1, 0.15) is 11.6 Å². The highest BCUT2D eigenvalue weighted by Crippen LogP contribution is 2.36. The Morgan fingerprint density at radius 2 is 1.75 bits per heavy atom. The number of methoxy groups -OCH3 is 1. The van der Waals surface area contributed by atoms with Gasteiger partial charge in [-0.15, -0.1) is 0 Å². The van der Waals surface area contributed by atoms with Gasteiger partial charge in [0.2, 0.25) is 0 Å². The van der Waals surface area contributed by atoms with Gasteiger partial charge in [-0.05, 0) is 54.8 Å². The van der Waals surface area contributed by atoms with Crippen LogP contribution in [0.5, 0.6) is 5.75 Å². The number of aromatic nitrogens is 1. The fourth-order valence-corrected chi connectivity index (χ4v) is 5.88. The fourth-order valence-electron chi connectivity index (χ4n) is 5.88. The summed E-state index contributed by atoms with van der Waals surface area (Å²) in [5, 5.41) is 5.15. The largest absolute Gasteiger partial charge is 0.496 e. The number of aromatic amines is 1. The molecule has 2 aliphatic heterocycles. The predicted octanol–water partition coefficient (Wildman–Crippen LogP) is 5.26. The minimum atomic E-state index is -0.147. The van der Waals surface area contributed by atoms with Crippen LogP contribution in [0, 0.1) is 5.82 Å². The number of ether oxygens (including phenoxy) is 1. The van der Waals surface area contributed by atoms with E-state index < -0.39 is 0 Å². The average Bonchev–Trinajstić information content (AvgIpc) is 3.27. The number of nitrogens with zero attached hydrogens (tertiary/aromatic N) is 2. The van der Waals surface area contributed by atoms with Crippen molar-refractivity contribution >= 4 is 16.6 Å². The number of anilines is 1. The van der Waals surface area contributed by atoms with Crippen molar-refractivity contribution in [3.63, 3.8) is 0 Å². The molecule has 6 rings (SSSR count). The summed E-state index contributed by atoms with van der Waals surface area (Å²) in [5.41, 5.74) is 7.02. The molecule has 1 aromatic heterocycles. The van der Waals surface area contributed by atoms with Gasteiger partial charge in [0.05, 0.1) is 18.8 Å². The molecule has 0 amide bonds. The molecule has 3 aromatic carbocycles. The Kier molecular flexibility index (Phi) is 6.15. The van der Waals surface area contributed by atoms with E-state index in [0.717, 1.165) is 44.9 Å². The number of nitrogens with one attached hydrogen (secondary N) is 2. The summed E-state index contributed by atoms with van der Waals surface area (Å²) in [5.74, 6) is 0.766. The Labute approximate surface area is 211 Å². The van der Waals surface area contributed by atoms with Crippen molar-refractivity contribution in [2.24, 2.45) is 0 Å². The minimum Gasteiger partial charge on any atom is -0.496 e. The molecule has 1 fully saturated rings. The molecular weight excluding hydrogens is 451 g/mol. The van der Waals surface area contributed by atoms with Crippen LogP contribution in [0.25, 0.3) is 10.9 Å². The van der Waals surface area contributed by atoms with Crippen molar-refractivity contribution in [3.8, 4) is 5.75 Å². The number of rotatable bonds is 5. The minimum absolute atomic E-state index is 0.110. The van der Waals surface area contributed by atoms with Gasteiger partial charge in [0.25, 0.3) is 0 Å². The molecule has 0 spiro atoms. The quantitative estimate of drug-likeness (QED) is 0.406. The first-order valence-electron chi connectivity index (χ1n) is 12.8. The molecule has 0 aliphatic carbocycles. The summed E-state index contributed by atoms with van der Waals surface area (Å²) >= 11 is 0. The van der Waals surface area contributed by atoms with Crippen LogP contribution in [0.1, 0.15) is 35.3 Å². The SMILES string of the molecule is COc1ccc(C2N[C@H](C)Cc3c2[nH]c2ccccc32)cc1CN1CCN(c2ccccc2F)CC1. The van der Waals surface area contributed by atoms with E-state index in [9.17, 15) is 4.39 Å². The van der Waals surface area contributed by atoms with E-state index in [1.165, 1.54) is 39.4 Å². The van der Waals surface area contributed by atoms with Crippen molar-refractivity contribution in [1.29, 1.82) is 0 Å². The van der Waals surface area contributed by atoms with Crippen molar-refractivity contribution in [2.45, 2.75) is 32.0 Å². The van der Waals surface area contributed by atoms with E-state index in [1.807, 2.05) is 12.1 Å². The van der Waals surface area contributed by atoms with Gasteiger partial charge in [0, 0.05) is 60.9 Å². The molecular formula is C30H33FN4O. The van der Waals surface area contributed by atoms with Gasteiger partial charge in [-0.25, -0.2) is 4.39 Å². The van der Waals surface area contributed by atoms with Crippen LogP contribution in [0.4, 0.5) is 10.1 Å². The lowest BCUT2D eigenvalue weighted by Gasteiger charge is -2.36. The van der Waals surface area contributed by atoms with E-state index in [1.54, 1.807) is 13.2 Å². The molecule has 186 valence electrons. The Morgan fingerprint density at radius 1 is 0.972 bits per heavy atom. The highest BCUT2D eigenvalue weighted by Gasteiger charge is 2.29. The molecule has 1 unspecified atom stereocenters. The lowest BCUT2D eigenvalue weighted by Crippen LogP contribution is -2.46. The van der Waals surface area contributed by atoms with Crippen LogP contribution in [0.2, 0.25) is 0 Å². The third-order valence-corrected chi connectivity index (χ3v) is 7.69. The second kappa shape index (κ2) is 9.60. The second-order valence-electron chi connectivity index (χ2n) is 10.1. The molecule has 1 saturated heterocycles. The highest BCUT2D eigenvalue weighted by atomic mass is 19.1. The van der Waals surface area contributed by atoms with Crippen molar-refractivity contribution in [1.82, 2.24) is 15.2 Å².